The number of halogens is 1. The van der Waals surface area contributed by atoms with Crippen molar-refractivity contribution in [1.29, 1.82) is 0 Å². The Labute approximate surface area is 155 Å². The lowest BCUT2D eigenvalue weighted by atomic mass is 10.2. The number of amides is 2. The van der Waals surface area contributed by atoms with Crippen molar-refractivity contribution in [2.75, 3.05) is 12.4 Å². The van der Waals surface area contributed by atoms with Gasteiger partial charge in [0.15, 0.2) is 0 Å². The molecule has 0 unspecified atom stereocenters. The lowest BCUT2D eigenvalue weighted by Crippen LogP contribution is -2.18. The summed E-state index contributed by atoms with van der Waals surface area (Å²) in [4.78, 5) is 31.2. The highest BCUT2D eigenvalue weighted by molar-refractivity contribution is 6.03. The van der Waals surface area contributed by atoms with Gasteiger partial charge >= 0.3 is 0 Å². The van der Waals surface area contributed by atoms with Crippen LogP contribution in [0.3, 0.4) is 0 Å². The number of hydrogen-bond acceptors (Lipinski definition) is 5. The van der Waals surface area contributed by atoms with Crippen LogP contribution in [0.2, 0.25) is 0 Å². The first kappa shape index (κ1) is 19.3. The van der Waals surface area contributed by atoms with Gasteiger partial charge in [-0.25, -0.2) is 4.98 Å². The molecule has 0 spiro atoms. The van der Waals surface area contributed by atoms with E-state index in [4.69, 9.17) is 10.5 Å². The summed E-state index contributed by atoms with van der Waals surface area (Å²) in [6, 6.07) is 4.77. The summed E-state index contributed by atoms with van der Waals surface area (Å²) in [5.41, 5.74) is 7.81. The van der Waals surface area contributed by atoms with E-state index < -0.39 is 5.91 Å². The average Bonchev–Trinajstić information content (AvgIpc) is 3.15. The lowest BCUT2D eigenvalue weighted by Gasteiger charge is -2.03. The number of imidazole rings is 1. The Hall–Kier alpha value is -3.07. The molecule has 0 aliphatic carbocycles. The molecule has 0 atom stereocenters. The van der Waals surface area contributed by atoms with Crippen LogP contribution in [0.1, 0.15) is 33.5 Å². The third-order valence-corrected chi connectivity index (χ3v) is 3.72. The van der Waals surface area contributed by atoms with Gasteiger partial charge in [-0.3, -0.25) is 19.6 Å². The number of carbonyl (C=O) groups is 2. The van der Waals surface area contributed by atoms with Gasteiger partial charge in [-0.05, 0) is 32.0 Å². The van der Waals surface area contributed by atoms with Gasteiger partial charge in [-0.15, -0.1) is 12.4 Å². The molecular weight excluding hydrogens is 360 g/mol. The standard InChI is InChI=1S/C16H18N6O3.ClH/c1-4-22-11(5-8(2)21-22)15(24)20-16-18-10-6-9(14(17)23)7-12(25-3)13(10)19-16;/h5-7H,4H2,1-3H3,(H2,17,23)(H2,18,19,20,24);1H. The fourth-order valence-corrected chi connectivity index (χ4v) is 2.58. The summed E-state index contributed by atoms with van der Waals surface area (Å²) in [7, 11) is 1.47. The number of aromatic nitrogens is 4. The summed E-state index contributed by atoms with van der Waals surface area (Å²) in [5.74, 6) is -0.294. The van der Waals surface area contributed by atoms with Crippen LogP contribution in [0, 0.1) is 6.92 Å². The minimum absolute atomic E-state index is 0. The number of fused-ring (bicyclic) bond motifs is 1. The molecule has 3 rings (SSSR count). The van der Waals surface area contributed by atoms with Gasteiger partial charge in [0.05, 0.1) is 18.3 Å². The Morgan fingerprint density at radius 1 is 1.35 bits per heavy atom. The van der Waals surface area contributed by atoms with Crippen molar-refractivity contribution in [1.82, 2.24) is 19.7 Å². The van der Waals surface area contributed by atoms with Gasteiger partial charge in [0.25, 0.3) is 5.91 Å². The molecule has 4 N–H and O–H groups in total. The highest BCUT2D eigenvalue weighted by atomic mass is 35.5. The van der Waals surface area contributed by atoms with Crippen molar-refractivity contribution in [3.8, 4) is 5.75 Å². The number of nitrogens with one attached hydrogen (secondary N) is 2. The molecule has 0 bridgehead atoms. The monoisotopic (exact) mass is 378 g/mol. The number of H-pyrrole nitrogens is 1. The van der Waals surface area contributed by atoms with Gasteiger partial charge in [-0.1, -0.05) is 0 Å². The summed E-state index contributed by atoms with van der Waals surface area (Å²) in [6.07, 6.45) is 0. The van der Waals surface area contributed by atoms with E-state index in [9.17, 15) is 9.59 Å². The molecule has 0 saturated carbocycles. The zero-order valence-corrected chi connectivity index (χ0v) is 15.3. The van der Waals surface area contributed by atoms with Crippen molar-refractivity contribution in [2.24, 2.45) is 5.73 Å². The lowest BCUT2D eigenvalue weighted by molar-refractivity contribution is 0.0995. The van der Waals surface area contributed by atoms with E-state index in [1.807, 2.05) is 13.8 Å². The van der Waals surface area contributed by atoms with Crippen molar-refractivity contribution in [3.05, 3.63) is 35.2 Å². The van der Waals surface area contributed by atoms with E-state index in [1.54, 1.807) is 16.8 Å². The van der Waals surface area contributed by atoms with Crippen molar-refractivity contribution < 1.29 is 14.3 Å². The molecule has 2 heterocycles. The smallest absolute Gasteiger partial charge is 0.276 e. The number of rotatable bonds is 5. The summed E-state index contributed by atoms with van der Waals surface area (Å²) in [5, 5.41) is 6.94. The molecule has 26 heavy (non-hydrogen) atoms. The quantitative estimate of drug-likeness (QED) is 0.624. The number of methoxy groups -OCH3 is 1. The molecule has 138 valence electrons. The number of aryl methyl sites for hydroxylation is 2. The van der Waals surface area contributed by atoms with E-state index in [0.29, 0.717) is 29.0 Å². The predicted molar refractivity (Wildman–Crippen MR) is 99.0 cm³/mol. The van der Waals surface area contributed by atoms with Crippen LogP contribution in [0.5, 0.6) is 5.75 Å². The van der Waals surface area contributed by atoms with Gasteiger partial charge in [0.1, 0.15) is 17.0 Å². The van der Waals surface area contributed by atoms with Crippen LogP contribution in [0.25, 0.3) is 11.0 Å². The van der Waals surface area contributed by atoms with Gasteiger partial charge in [-0.2, -0.15) is 5.10 Å². The second-order valence-corrected chi connectivity index (χ2v) is 5.47. The van der Waals surface area contributed by atoms with E-state index in [1.165, 1.54) is 13.2 Å². The molecule has 9 nitrogen and oxygen atoms in total. The number of aromatic amines is 1. The van der Waals surface area contributed by atoms with E-state index in [-0.39, 0.29) is 29.8 Å². The normalized spacial score (nSPS) is 10.4. The number of nitrogens with two attached hydrogens (primary N) is 1. The molecule has 1 aromatic carbocycles. The summed E-state index contributed by atoms with van der Waals surface area (Å²) >= 11 is 0. The van der Waals surface area contributed by atoms with Crippen molar-refractivity contribution in [3.63, 3.8) is 0 Å². The van der Waals surface area contributed by atoms with Crippen LogP contribution < -0.4 is 15.8 Å². The molecule has 2 amide bonds. The van der Waals surface area contributed by atoms with E-state index >= 15 is 0 Å². The Balaban J connectivity index is 0.00000243. The number of primary amides is 1. The summed E-state index contributed by atoms with van der Waals surface area (Å²) in [6.45, 7) is 4.30. The maximum Gasteiger partial charge on any atom is 0.276 e. The maximum atomic E-state index is 12.5. The van der Waals surface area contributed by atoms with Crippen molar-refractivity contribution >= 4 is 41.2 Å². The van der Waals surface area contributed by atoms with Crippen molar-refractivity contribution in [2.45, 2.75) is 20.4 Å². The topological polar surface area (TPSA) is 128 Å². The van der Waals surface area contributed by atoms with Gasteiger partial charge < -0.3 is 15.5 Å². The molecule has 0 saturated heterocycles. The molecule has 0 radical (unpaired) electrons. The molecule has 0 aliphatic rings. The molecule has 3 aromatic rings. The van der Waals surface area contributed by atoms with Crippen LogP contribution in [0.4, 0.5) is 5.95 Å². The molecular formula is C16H19ClN6O3. The number of benzene rings is 1. The van der Waals surface area contributed by atoms with Gasteiger partial charge in [0, 0.05) is 12.1 Å². The largest absolute Gasteiger partial charge is 0.494 e. The first-order valence-electron chi connectivity index (χ1n) is 7.66. The zero-order valence-electron chi connectivity index (χ0n) is 14.5. The Morgan fingerprint density at radius 3 is 2.69 bits per heavy atom. The number of ether oxygens (including phenoxy) is 1. The number of nitrogens with zero attached hydrogens (tertiary/aromatic N) is 3. The first-order chi connectivity index (χ1) is 11.9. The second-order valence-electron chi connectivity index (χ2n) is 5.47. The van der Waals surface area contributed by atoms with Crippen LogP contribution in [-0.4, -0.2) is 38.7 Å². The Morgan fingerprint density at radius 2 is 2.08 bits per heavy atom. The third-order valence-electron chi connectivity index (χ3n) is 3.72. The minimum Gasteiger partial charge on any atom is -0.494 e. The van der Waals surface area contributed by atoms with E-state index in [2.05, 4.69) is 20.4 Å². The number of carbonyl (C=O) groups excluding carboxylic acids is 2. The fraction of sp³-hybridized carbons (Fsp3) is 0.250. The summed E-state index contributed by atoms with van der Waals surface area (Å²) < 4.78 is 6.85. The van der Waals surface area contributed by atoms with Crippen LogP contribution in [-0.2, 0) is 6.54 Å². The molecule has 2 aromatic heterocycles. The number of anilines is 1. The zero-order chi connectivity index (χ0) is 18.1. The fourth-order valence-electron chi connectivity index (χ4n) is 2.58. The first-order valence-corrected chi connectivity index (χ1v) is 7.66. The van der Waals surface area contributed by atoms with Gasteiger partial charge in [0.2, 0.25) is 11.9 Å². The Kier molecular flexibility index (Phi) is 5.51. The molecule has 10 heteroatoms. The van der Waals surface area contributed by atoms with Crippen LogP contribution in [0.15, 0.2) is 18.2 Å². The highest BCUT2D eigenvalue weighted by Gasteiger charge is 2.17. The maximum absolute atomic E-state index is 12.5. The van der Waals surface area contributed by atoms with Crippen LogP contribution >= 0.6 is 12.4 Å². The molecule has 0 fully saturated rings. The molecule has 0 aliphatic heterocycles. The Bertz CT molecular complexity index is 978. The second kappa shape index (κ2) is 7.44. The number of hydrogen-bond donors (Lipinski definition) is 3. The highest BCUT2D eigenvalue weighted by Crippen LogP contribution is 2.27. The SMILES string of the molecule is CCn1nc(C)cc1C(=O)Nc1nc2c(OC)cc(C(N)=O)cc2[nH]1.Cl. The van der Waals surface area contributed by atoms with E-state index in [0.717, 1.165) is 5.69 Å². The minimum atomic E-state index is -0.581. The average molecular weight is 379 g/mol. The third kappa shape index (κ3) is 3.47. The predicted octanol–water partition coefficient (Wildman–Crippen LogP) is 1.87.